The van der Waals surface area contributed by atoms with Crippen molar-refractivity contribution < 1.29 is 30.3 Å². The first-order valence-electron chi connectivity index (χ1n) is 9.84. The molecule has 0 heterocycles. The Balaban J connectivity index is 0.00000204. The molecule has 3 atom stereocenters. The Kier molecular flexibility index (Phi) is 12.6. The van der Waals surface area contributed by atoms with Crippen LogP contribution in [0, 0.1) is 0 Å². The van der Waals surface area contributed by atoms with Crippen LogP contribution in [-0.2, 0) is 11.2 Å². The summed E-state index contributed by atoms with van der Waals surface area (Å²) in [6.07, 6.45) is -2.06. The Morgan fingerprint density at radius 1 is 0.931 bits per heavy atom. The fraction of sp³-hybridized carbons (Fsp3) is 0.545. The summed E-state index contributed by atoms with van der Waals surface area (Å²) < 4.78 is 5.13. The van der Waals surface area contributed by atoms with Crippen molar-refractivity contribution in [1.29, 1.82) is 0 Å². The largest absolute Gasteiger partial charge is 0.400 e. The smallest absolute Gasteiger partial charge is 0.109 e. The molecule has 0 bridgehead atoms. The van der Waals surface area contributed by atoms with Gasteiger partial charge in [0.15, 0.2) is 0 Å². The van der Waals surface area contributed by atoms with E-state index in [9.17, 15) is 15.3 Å². The first kappa shape index (κ1) is 25.5. The number of hydrogen-bond donors (Lipinski definition) is 5. The topological polar surface area (TPSA) is 114 Å². The lowest BCUT2D eigenvalue weighted by atomic mass is 10.0. The number of aryl methyl sites for hydroxylation is 1. The van der Waals surface area contributed by atoms with Crippen LogP contribution in [-0.4, -0.2) is 95.8 Å². The molecule has 0 radical (unpaired) electrons. The van der Waals surface area contributed by atoms with Gasteiger partial charge in [-0.15, -0.1) is 0 Å². The maximum absolute atomic E-state index is 10.1. The highest BCUT2D eigenvalue weighted by Crippen LogP contribution is 2.19. The molecule has 5 N–H and O–H groups in total. The van der Waals surface area contributed by atoms with Gasteiger partial charge >= 0.3 is 0 Å². The summed E-state index contributed by atoms with van der Waals surface area (Å²) in [7, 11) is 2.62. The Morgan fingerprint density at radius 2 is 1.62 bits per heavy atom. The molecule has 2 aromatic carbocycles. The molecule has 0 fully saturated rings. The van der Waals surface area contributed by atoms with E-state index in [1.54, 1.807) is 7.11 Å². The van der Waals surface area contributed by atoms with Crippen LogP contribution in [0.25, 0.3) is 10.8 Å². The van der Waals surface area contributed by atoms with Gasteiger partial charge in [0.2, 0.25) is 0 Å². The van der Waals surface area contributed by atoms with Gasteiger partial charge in [0.1, 0.15) is 12.2 Å². The molecule has 0 unspecified atom stereocenters. The predicted molar refractivity (Wildman–Crippen MR) is 114 cm³/mol. The lowest BCUT2D eigenvalue weighted by Crippen LogP contribution is -2.46. The molecular formula is C22H35NO6. The Hall–Kier alpha value is -1.58. The third-order valence-corrected chi connectivity index (χ3v) is 4.83. The van der Waals surface area contributed by atoms with E-state index < -0.39 is 24.9 Å². The number of methoxy groups -OCH3 is 1. The van der Waals surface area contributed by atoms with E-state index in [4.69, 9.17) is 14.9 Å². The van der Waals surface area contributed by atoms with E-state index >= 15 is 0 Å². The zero-order chi connectivity index (χ0) is 21.6. The van der Waals surface area contributed by atoms with Crippen LogP contribution in [0.1, 0.15) is 12.0 Å². The summed E-state index contributed by atoms with van der Waals surface area (Å²) in [4.78, 5) is 2.01. The molecule has 164 valence electrons. The van der Waals surface area contributed by atoms with Crippen molar-refractivity contribution in [2.24, 2.45) is 0 Å². The average molecular weight is 410 g/mol. The van der Waals surface area contributed by atoms with Crippen molar-refractivity contribution in [3.63, 3.8) is 0 Å². The van der Waals surface area contributed by atoms with Gasteiger partial charge in [0.05, 0.1) is 19.3 Å². The molecular weight excluding hydrogens is 374 g/mol. The van der Waals surface area contributed by atoms with Crippen molar-refractivity contribution in [2.75, 3.05) is 47.1 Å². The number of aliphatic hydroxyl groups is 5. The standard InChI is InChI=1S/C21H31NO5.CH4O/c1-27-13-12-22(14-19(24)21(26)20(25)15-23)11-5-9-17-8-4-7-16-6-2-3-10-18(16)17;1-2/h2-4,6-8,10,19-21,23-26H,5,9,11-15H2,1H3;2H,1H3/t19-,20+,21+;/m0./s1. The maximum atomic E-state index is 10.1. The van der Waals surface area contributed by atoms with Crippen molar-refractivity contribution in [1.82, 2.24) is 4.90 Å². The van der Waals surface area contributed by atoms with Gasteiger partial charge in [-0.2, -0.15) is 0 Å². The molecule has 7 heteroatoms. The number of benzene rings is 2. The summed E-state index contributed by atoms with van der Waals surface area (Å²) in [6, 6.07) is 14.6. The highest BCUT2D eigenvalue weighted by atomic mass is 16.5. The summed E-state index contributed by atoms with van der Waals surface area (Å²) in [5.74, 6) is 0. The number of nitrogens with zero attached hydrogens (tertiary/aromatic N) is 1. The van der Waals surface area contributed by atoms with Crippen LogP contribution < -0.4 is 0 Å². The lowest BCUT2D eigenvalue weighted by Gasteiger charge is -2.28. The molecule has 0 aromatic heterocycles. The number of rotatable bonds is 12. The van der Waals surface area contributed by atoms with Crippen molar-refractivity contribution >= 4 is 10.8 Å². The Labute approximate surface area is 172 Å². The second-order valence-corrected chi connectivity index (χ2v) is 6.84. The van der Waals surface area contributed by atoms with Crippen LogP contribution in [0.5, 0.6) is 0 Å². The van der Waals surface area contributed by atoms with Crippen LogP contribution in [0.15, 0.2) is 42.5 Å². The molecule has 0 amide bonds. The summed E-state index contributed by atoms with van der Waals surface area (Å²) in [5, 5.41) is 47.9. The molecule has 0 spiro atoms. The zero-order valence-electron chi connectivity index (χ0n) is 17.3. The van der Waals surface area contributed by atoms with E-state index in [0.29, 0.717) is 13.2 Å². The lowest BCUT2D eigenvalue weighted by molar-refractivity contribution is -0.0849. The Morgan fingerprint density at radius 3 is 2.31 bits per heavy atom. The fourth-order valence-electron chi connectivity index (χ4n) is 3.26. The number of hydrogen-bond acceptors (Lipinski definition) is 7. The Bertz CT molecular complexity index is 678. The van der Waals surface area contributed by atoms with E-state index in [-0.39, 0.29) is 6.54 Å². The minimum atomic E-state index is -1.38. The SMILES string of the molecule is CO.COCCN(CCCc1cccc2ccccc12)C[C@H](O)[C@@H](O)[C@H](O)CO. The monoisotopic (exact) mass is 409 g/mol. The second-order valence-electron chi connectivity index (χ2n) is 6.84. The van der Waals surface area contributed by atoms with Crippen molar-refractivity contribution in [3.8, 4) is 0 Å². The molecule has 0 aliphatic carbocycles. The molecule has 0 saturated carbocycles. The molecule has 2 rings (SSSR count). The quantitative estimate of drug-likeness (QED) is 0.345. The summed E-state index contributed by atoms with van der Waals surface area (Å²) in [6.45, 7) is 1.48. The van der Waals surface area contributed by atoms with Gasteiger partial charge in [-0.3, -0.25) is 4.90 Å². The number of ether oxygens (including phenoxy) is 1. The first-order chi connectivity index (χ1) is 14.1. The molecule has 7 nitrogen and oxygen atoms in total. The van der Waals surface area contributed by atoms with Gasteiger partial charge in [-0.25, -0.2) is 0 Å². The van der Waals surface area contributed by atoms with Gasteiger partial charge in [-0.05, 0) is 35.7 Å². The van der Waals surface area contributed by atoms with Crippen LogP contribution in [0.2, 0.25) is 0 Å². The maximum Gasteiger partial charge on any atom is 0.109 e. The van der Waals surface area contributed by atoms with E-state index in [1.807, 2.05) is 17.0 Å². The average Bonchev–Trinajstić information content (AvgIpc) is 2.77. The third kappa shape index (κ3) is 8.36. The van der Waals surface area contributed by atoms with Crippen molar-refractivity contribution in [3.05, 3.63) is 48.0 Å². The van der Waals surface area contributed by atoms with Crippen LogP contribution in [0.3, 0.4) is 0 Å². The van der Waals surface area contributed by atoms with E-state index in [1.165, 1.54) is 16.3 Å². The number of aliphatic hydroxyl groups excluding tert-OH is 5. The number of fused-ring (bicyclic) bond motifs is 1. The summed E-state index contributed by atoms with van der Waals surface area (Å²) in [5.41, 5.74) is 1.29. The van der Waals surface area contributed by atoms with E-state index in [2.05, 4.69) is 30.3 Å². The minimum absolute atomic E-state index is 0.205. The second kappa shape index (κ2) is 14.4. The van der Waals surface area contributed by atoms with E-state index in [0.717, 1.165) is 26.5 Å². The van der Waals surface area contributed by atoms with Crippen LogP contribution in [0.4, 0.5) is 0 Å². The molecule has 2 aromatic rings. The highest BCUT2D eigenvalue weighted by Gasteiger charge is 2.25. The normalized spacial score (nSPS) is 14.3. The summed E-state index contributed by atoms with van der Waals surface area (Å²) >= 11 is 0. The predicted octanol–water partition coefficient (Wildman–Crippen LogP) is 0.404. The third-order valence-electron chi connectivity index (χ3n) is 4.83. The highest BCUT2D eigenvalue weighted by molar-refractivity contribution is 5.85. The molecule has 29 heavy (non-hydrogen) atoms. The fourth-order valence-corrected chi connectivity index (χ4v) is 3.26. The minimum Gasteiger partial charge on any atom is -0.400 e. The van der Waals surface area contributed by atoms with Gasteiger partial charge in [-0.1, -0.05) is 42.5 Å². The van der Waals surface area contributed by atoms with Gasteiger partial charge < -0.3 is 30.3 Å². The molecule has 0 aliphatic rings. The van der Waals surface area contributed by atoms with Gasteiger partial charge in [0, 0.05) is 27.3 Å². The molecule has 0 aliphatic heterocycles. The van der Waals surface area contributed by atoms with Crippen LogP contribution >= 0.6 is 0 Å². The van der Waals surface area contributed by atoms with Crippen molar-refractivity contribution in [2.45, 2.75) is 31.2 Å². The molecule has 0 saturated heterocycles. The zero-order valence-corrected chi connectivity index (χ0v) is 17.3. The first-order valence-corrected chi connectivity index (χ1v) is 9.84. The van der Waals surface area contributed by atoms with Gasteiger partial charge in [0.25, 0.3) is 0 Å².